The number of nitrogens with zero attached hydrogens (tertiary/aromatic N) is 2. The zero-order valence-electron chi connectivity index (χ0n) is 17.5. The van der Waals surface area contributed by atoms with Gasteiger partial charge in [-0.15, -0.1) is 0 Å². The molecular weight excluding hydrogens is 370 g/mol. The number of methoxy groups -OCH3 is 1. The largest absolute Gasteiger partial charge is 0.468 e. The minimum atomic E-state index is -0.654. The number of rotatable bonds is 4. The van der Waals surface area contributed by atoms with Crippen LogP contribution in [0.25, 0.3) is 11.8 Å². The van der Waals surface area contributed by atoms with Crippen molar-refractivity contribution in [3.05, 3.63) is 57.5 Å². The number of ether oxygens (including phenoxy) is 1. The first-order valence-electron chi connectivity index (χ1n) is 9.32. The number of aryl methyl sites for hydroxylation is 4. The lowest BCUT2D eigenvalue weighted by atomic mass is 10.0. The highest BCUT2D eigenvalue weighted by molar-refractivity contribution is 6.15. The highest BCUT2D eigenvalue weighted by Gasteiger charge is 2.35. The molecule has 2 aromatic rings. The molecule has 3 rings (SSSR count). The second-order valence-electron chi connectivity index (χ2n) is 7.36. The summed E-state index contributed by atoms with van der Waals surface area (Å²) in [6, 6.07) is 5.63. The summed E-state index contributed by atoms with van der Waals surface area (Å²) in [5.41, 5.74) is 7.59. The second kappa shape index (κ2) is 7.58. The van der Waals surface area contributed by atoms with Crippen LogP contribution in [0.1, 0.15) is 33.6 Å². The van der Waals surface area contributed by atoms with Crippen molar-refractivity contribution < 1.29 is 19.1 Å². The molecule has 1 aliphatic heterocycles. The second-order valence-corrected chi connectivity index (χ2v) is 7.36. The van der Waals surface area contributed by atoms with E-state index in [2.05, 4.69) is 47.5 Å². The lowest BCUT2D eigenvalue weighted by Crippen LogP contribution is -2.36. The third-order valence-electron chi connectivity index (χ3n) is 5.11. The fourth-order valence-corrected chi connectivity index (χ4v) is 3.87. The van der Waals surface area contributed by atoms with Crippen LogP contribution in [0.3, 0.4) is 0 Å². The molecule has 1 aromatic heterocycles. The third kappa shape index (κ3) is 3.68. The monoisotopic (exact) mass is 395 g/mol. The normalized spacial score (nSPS) is 15.2. The van der Waals surface area contributed by atoms with Crippen LogP contribution in [-0.2, 0) is 14.3 Å². The molecule has 0 atom stereocenters. The van der Waals surface area contributed by atoms with E-state index >= 15 is 0 Å². The molecule has 1 saturated heterocycles. The number of carbonyl (C=O) groups is 3. The number of hydrogen-bond donors (Lipinski definition) is 1. The average molecular weight is 395 g/mol. The molecule has 152 valence electrons. The average Bonchev–Trinajstić information content (AvgIpc) is 3.05. The molecule has 0 aliphatic carbocycles. The zero-order valence-corrected chi connectivity index (χ0v) is 17.5. The predicted octanol–water partition coefficient (Wildman–Crippen LogP) is 3.09. The van der Waals surface area contributed by atoms with Crippen molar-refractivity contribution in [1.82, 2.24) is 14.8 Å². The van der Waals surface area contributed by atoms with Crippen LogP contribution in [-0.4, -0.2) is 41.0 Å². The van der Waals surface area contributed by atoms with E-state index in [1.165, 1.54) is 12.7 Å². The zero-order chi connectivity index (χ0) is 21.5. The number of benzene rings is 1. The van der Waals surface area contributed by atoms with Gasteiger partial charge >= 0.3 is 12.0 Å². The summed E-state index contributed by atoms with van der Waals surface area (Å²) in [6.45, 7) is 9.80. The number of aromatic nitrogens is 1. The highest BCUT2D eigenvalue weighted by Crippen LogP contribution is 2.28. The van der Waals surface area contributed by atoms with Crippen molar-refractivity contribution in [2.24, 2.45) is 0 Å². The Labute approximate surface area is 169 Å². The van der Waals surface area contributed by atoms with E-state index in [0.29, 0.717) is 0 Å². The quantitative estimate of drug-likeness (QED) is 0.490. The van der Waals surface area contributed by atoms with Crippen molar-refractivity contribution in [3.63, 3.8) is 0 Å². The molecule has 29 heavy (non-hydrogen) atoms. The lowest BCUT2D eigenvalue weighted by Gasteiger charge is -2.17. The summed E-state index contributed by atoms with van der Waals surface area (Å²) in [5.74, 6) is -1.20. The molecule has 7 nitrogen and oxygen atoms in total. The van der Waals surface area contributed by atoms with Gasteiger partial charge in [0.15, 0.2) is 0 Å². The van der Waals surface area contributed by atoms with Gasteiger partial charge in [-0.1, -0.05) is 17.7 Å². The SMILES string of the molecule is COC(=O)CN1C(=O)N/C(=C/c2cc(C)n(-c3c(C)cc(C)cc3C)c2C)C1=O. The van der Waals surface area contributed by atoms with Gasteiger partial charge < -0.3 is 14.6 Å². The molecule has 0 bridgehead atoms. The highest BCUT2D eigenvalue weighted by atomic mass is 16.5. The Morgan fingerprint density at radius 3 is 2.28 bits per heavy atom. The van der Waals surface area contributed by atoms with E-state index in [1.54, 1.807) is 6.08 Å². The van der Waals surface area contributed by atoms with Gasteiger partial charge in [0.2, 0.25) is 0 Å². The van der Waals surface area contributed by atoms with E-state index < -0.39 is 24.5 Å². The Morgan fingerprint density at radius 2 is 1.69 bits per heavy atom. The molecular formula is C22H25N3O4. The Bertz CT molecular complexity index is 1040. The minimum Gasteiger partial charge on any atom is -0.468 e. The Balaban J connectivity index is 2.01. The van der Waals surface area contributed by atoms with E-state index in [1.807, 2.05) is 19.9 Å². The number of imide groups is 1. The van der Waals surface area contributed by atoms with Crippen molar-refractivity contribution in [2.75, 3.05) is 13.7 Å². The van der Waals surface area contributed by atoms with Crippen LogP contribution in [0.2, 0.25) is 0 Å². The number of amides is 3. The van der Waals surface area contributed by atoms with E-state index in [0.717, 1.165) is 38.7 Å². The smallest absolute Gasteiger partial charge is 0.329 e. The fourth-order valence-electron chi connectivity index (χ4n) is 3.87. The molecule has 2 heterocycles. The van der Waals surface area contributed by atoms with Gasteiger partial charge in [-0.2, -0.15) is 0 Å². The molecule has 1 aliphatic rings. The maximum absolute atomic E-state index is 12.6. The maximum Gasteiger partial charge on any atom is 0.329 e. The number of carbonyl (C=O) groups excluding carboxylic acids is 3. The van der Waals surface area contributed by atoms with Gasteiger partial charge in [0.05, 0.1) is 12.8 Å². The standard InChI is InChI=1S/C22H25N3O4/c1-12-7-13(2)20(14(3)8-12)25-15(4)9-17(16(25)5)10-18-21(27)24(22(28)23-18)11-19(26)29-6/h7-10H,11H2,1-6H3,(H,23,28)/b18-10+. The van der Waals surface area contributed by atoms with Gasteiger partial charge in [0.25, 0.3) is 5.91 Å². The number of hydrogen-bond acceptors (Lipinski definition) is 4. The van der Waals surface area contributed by atoms with Crippen molar-refractivity contribution >= 4 is 24.0 Å². The molecule has 0 radical (unpaired) electrons. The van der Waals surface area contributed by atoms with E-state index in [-0.39, 0.29) is 5.70 Å². The lowest BCUT2D eigenvalue weighted by molar-refractivity contribution is -0.143. The Kier molecular flexibility index (Phi) is 5.33. The molecule has 0 spiro atoms. The van der Waals surface area contributed by atoms with Crippen molar-refractivity contribution in [3.8, 4) is 5.69 Å². The van der Waals surface area contributed by atoms with Crippen molar-refractivity contribution in [2.45, 2.75) is 34.6 Å². The number of nitrogens with one attached hydrogen (secondary N) is 1. The summed E-state index contributed by atoms with van der Waals surface area (Å²) in [7, 11) is 1.21. The summed E-state index contributed by atoms with van der Waals surface area (Å²) < 4.78 is 6.70. The van der Waals surface area contributed by atoms with E-state index in [9.17, 15) is 14.4 Å². The number of urea groups is 1. The van der Waals surface area contributed by atoms with Crippen LogP contribution in [0.15, 0.2) is 23.9 Å². The van der Waals surface area contributed by atoms with Crippen LogP contribution in [0.5, 0.6) is 0 Å². The van der Waals surface area contributed by atoms with Gasteiger partial charge in [-0.25, -0.2) is 9.69 Å². The van der Waals surface area contributed by atoms with Gasteiger partial charge in [-0.3, -0.25) is 9.59 Å². The molecule has 0 unspecified atom stereocenters. The van der Waals surface area contributed by atoms with Crippen LogP contribution >= 0.6 is 0 Å². The van der Waals surface area contributed by atoms with Crippen LogP contribution in [0, 0.1) is 34.6 Å². The van der Waals surface area contributed by atoms with Gasteiger partial charge in [-0.05, 0) is 63.5 Å². The first-order valence-corrected chi connectivity index (χ1v) is 9.32. The topological polar surface area (TPSA) is 80.6 Å². The summed E-state index contributed by atoms with van der Waals surface area (Å²) in [4.78, 5) is 36.9. The fraction of sp³-hybridized carbons (Fsp3) is 0.318. The van der Waals surface area contributed by atoms with Crippen molar-refractivity contribution in [1.29, 1.82) is 0 Å². The number of esters is 1. The molecule has 1 N–H and O–H groups in total. The Morgan fingerprint density at radius 1 is 1.07 bits per heavy atom. The predicted molar refractivity (Wildman–Crippen MR) is 110 cm³/mol. The summed E-state index contributed by atoms with van der Waals surface area (Å²) in [5, 5.41) is 2.54. The van der Waals surface area contributed by atoms with Crippen LogP contribution < -0.4 is 5.32 Å². The van der Waals surface area contributed by atoms with E-state index in [4.69, 9.17) is 0 Å². The Hall–Kier alpha value is -3.35. The molecule has 1 fully saturated rings. The first kappa shape index (κ1) is 20.4. The van der Waals surface area contributed by atoms with Gasteiger partial charge in [0, 0.05) is 11.4 Å². The maximum atomic E-state index is 12.6. The molecule has 7 heteroatoms. The van der Waals surface area contributed by atoms with Gasteiger partial charge in [0.1, 0.15) is 12.2 Å². The summed E-state index contributed by atoms with van der Waals surface area (Å²) >= 11 is 0. The van der Waals surface area contributed by atoms with Crippen LogP contribution in [0.4, 0.5) is 4.79 Å². The molecule has 0 saturated carbocycles. The molecule has 1 aromatic carbocycles. The first-order chi connectivity index (χ1) is 13.6. The minimum absolute atomic E-state index is 0.136. The third-order valence-corrected chi connectivity index (χ3v) is 5.11. The summed E-state index contributed by atoms with van der Waals surface area (Å²) in [6.07, 6.45) is 1.65. The molecule has 3 amide bonds.